The first kappa shape index (κ1) is 30.5. The number of nitrogens with zero attached hydrogens (tertiary/aromatic N) is 3. The van der Waals surface area contributed by atoms with Gasteiger partial charge in [0.1, 0.15) is 11.6 Å². The van der Waals surface area contributed by atoms with E-state index in [2.05, 4.69) is 78.0 Å². The molecule has 1 heterocycles. The van der Waals surface area contributed by atoms with Gasteiger partial charge in [0.05, 0.1) is 18.0 Å². The molecule has 0 bridgehead atoms. The Bertz CT molecular complexity index is 1350. The maximum absolute atomic E-state index is 13.9. The zero-order valence-corrected chi connectivity index (χ0v) is 24.9. The smallest absolute Gasteiger partial charge is 0.140 e. The highest BCUT2D eigenvalue weighted by Gasteiger charge is 2.22. The second-order valence-corrected chi connectivity index (χ2v) is 10.7. The van der Waals surface area contributed by atoms with E-state index < -0.39 is 0 Å². The van der Waals surface area contributed by atoms with Gasteiger partial charge in [0.15, 0.2) is 0 Å². The van der Waals surface area contributed by atoms with E-state index >= 15 is 0 Å². The number of benzene rings is 3. The van der Waals surface area contributed by atoms with Crippen LogP contribution < -0.4 is 5.32 Å². The van der Waals surface area contributed by atoms with Crippen molar-refractivity contribution in [1.29, 1.82) is 0 Å². The number of aliphatic hydroxyl groups excluding tert-OH is 1. The monoisotopic (exact) mass is 556 g/mol. The summed E-state index contributed by atoms with van der Waals surface area (Å²) in [6, 6.07) is 23.7. The molecule has 3 aromatic carbocycles. The fourth-order valence-corrected chi connectivity index (χ4v) is 5.32. The number of aryl methyl sites for hydroxylation is 1. The van der Waals surface area contributed by atoms with Crippen molar-refractivity contribution in [2.45, 2.75) is 72.5 Å². The first-order valence-electron chi connectivity index (χ1n) is 15.2. The van der Waals surface area contributed by atoms with Gasteiger partial charge < -0.3 is 15.0 Å². The van der Waals surface area contributed by atoms with Crippen LogP contribution in [-0.4, -0.2) is 39.3 Å². The van der Waals surface area contributed by atoms with E-state index in [4.69, 9.17) is 4.98 Å². The maximum atomic E-state index is 13.9. The van der Waals surface area contributed by atoms with Gasteiger partial charge in [-0.1, -0.05) is 70.0 Å². The van der Waals surface area contributed by atoms with E-state index in [0.717, 1.165) is 86.6 Å². The van der Waals surface area contributed by atoms with Crippen LogP contribution in [0.3, 0.4) is 0 Å². The Morgan fingerprint density at radius 1 is 0.854 bits per heavy atom. The molecule has 0 unspecified atom stereocenters. The SMILES string of the molecule is CCCCN(Cc1ccc(NCCO)cc1CC)Cc1c(-c2ccccc2)nc(-c2ccc(F)cc2)n1CCCC. The van der Waals surface area contributed by atoms with E-state index in [0.29, 0.717) is 6.54 Å². The topological polar surface area (TPSA) is 53.3 Å². The number of halogens is 1. The predicted molar refractivity (Wildman–Crippen MR) is 168 cm³/mol. The van der Waals surface area contributed by atoms with Crippen LogP contribution in [0.1, 0.15) is 63.3 Å². The summed E-state index contributed by atoms with van der Waals surface area (Å²) in [5.74, 6) is 0.662. The molecule has 0 saturated heterocycles. The lowest BCUT2D eigenvalue weighted by Crippen LogP contribution is -2.26. The van der Waals surface area contributed by atoms with Crippen LogP contribution in [-0.2, 0) is 26.1 Å². The van der Waals surface area contributed by atoms with Gasteiger partial charge in [0.2, 0.25) is 0 Å². The molecule has 218 valence electrons. The van der Waals surface area contributed by atoms with Crippen molar-refractivity contribution in [3.63, 3.8) is 0 Å². The Morgan fingerprint density at radius 2 is 1.61 bits per heavy atom. The normalized spacial score (nSPS) is 11.4. The minimum atomic E-state index is -0.237. The number of imidazole rings is 1. The minimum Gasteiger partial charge on any atom is -0.395 e. The molecule has 1 aromatic heterocycles. The van der Waals surface area contributed by atoms with Gasteiger partial charge in [0, 0.05) is 43.0 Å². The molecule has 41 heavy (non-hydrogen) atoms. The first-order valence-corrected chi connectivity index (χ1v) is 15.2. The average molecular weight is 557 g/mol. The molecule has 0 saturated carbocycles. The maximum Gasteiger partial charge on any atom is 0.140 e. The van der Waals surface area contributed by atoms with Crippen molar-refractivity contribution < 1.29 is 9.50 Å². The molecular formula is C35H45FN4O. The molecule has 0 aliphatic heterocycles. The second kappa shape index (κ2) is 15.5. The molecule has 4 aromatic rings. The number of aliphatic hydroxyl groups is 1. The Labute approximate surface area is 245 Å². The largest absolute Gasteiger partial charge is 0.395 e. The summed E-state index contributed by atoms with van der Waals surface area (Å²) in [5, 5.41) is 12.5. The highest BCUT2D eigenvalue weighted by molar-refractivity contribution is 5.68. The van der Waals surface area contributed by atoms with Crippen molar-refractivity contribution in [1.82, 2.24) is 14.5 Å². The molecule has 4 rings (SSSR count). The van der Waals surface area contributed by atoms with Crippen molar-refractivity contribution in [3.8, 4) is 22.6 Å². The molecule has 0 spiro atoms. The summed E-state index contributed by atoms with van der Waals surface area (Å²) in [5.41, 5.74) is 7.95. The van der Waals surface area contributed by atoms with Gasteiger partial charge >= 0.3 is 0 Å². The summed E-state index contributed by atoms with van der Waals surface area (Å²) >= 11 is 0. The molecule has 0 aliphatic carbocycles. The van der Waals surface area contributed by atoms with Gasteiger partial charge in [-0.15, -0.1) is 0 Å². The molecule has 0 fully saturated rings. The van der Waals surface area contributed by atoms with Crippen LogP contribution in [0.4, 0.5) is 10.1 Å². The zero-order chi connectivity index (χ0) is 29.0. The lowest BCUT2D eigenvalue weighted by molar-refractivity contribution is 0.245. The predicted octanol–water partition coefficient (Wildman–Crippen LogP) is 7.93. The summed E-state index contributed by atoms with van der Waals surface area (Å²) in [7, 11) is 0. The fourth-order valence-electron chi connectivity index (χ4n) is 5.32. The highest BCUT2D eigenvalue weighted by atomic mass is 19.1. The Hall–Kier alpha value is -3.48. The van der Waals surface area contributed by atoms with Crippen molar-refractivity contribution in [2.75, 3.05) is 25.0 Å². The van der Waals surface area contributed by atoms with Crippen molar-refractivity contribution in [2.24, 2.45) is 0 Å². The number of aromatic nitrogens is 2. The number of hydrogen-bond acceptors (Lipinski definition) is 4. The third kappa shape index (κ3) is 8.05. The van der Waals surface area contributed by atoms with E-state index in [1.165, 1.54) is 29.0 Å². The summed E-state index contributed by atoms with van der Waals surface area (Å²) < 4.78 is 16.2. The summed E-state index contributed by atoms with van der Waals surface area (Å²) in [6.45, 7) is 10.8. The molecule has 0 amide bonds. The minimum absolute atomic E-state index is 0.114. The van der Waals surface area contributed by atoms with Crippen LogP contribution >= 0.6 is 0 Å². The second-order valence-electron chi connectivity index (χ2n) is 10.7. The van der Waals surface area contributed by atoms with Crippen LogP contribution in [0.25, 0.3) is 22.6 Å². The van der Waals surface area contributed by atoms with Crippen LogP contribution in [0.15, 0.2) is 72.8 Å². The van der Waals surface area contributed by atoms with Gasteiger partial charge in [-0.3, -0.25) is 4.90 Å². The molecule has 6 heteroatoms. The van der Waals surface area contributed by atoms with Gasteiger partial charge in [-0.25, -0.2) is 9.37 Å². The van der Waals surface area contributed by atoms with Gasteiger partial charge in [0.25, 0.3) is 0 Å². The number of nitrogens with one attached hydrogen (secondary N) is 1. The standard InChI is InChI=1S/C35H45FN4O/c1-4-7-21-39(25-30-16-19-32(37-20-23-41)24-27(30)6-3)26-33-34(28-12-10-9-11-13-28)38-35(40(33)22-8-5-2)29-14-17-31(36)18-15-29/h9-19,24,37,41H,4-8,20-23,25-26H2,1-3H3. The highest BCUT2D eigenvalue weighted by Crippen LogP contribution is 2.32. The zero-order valence-electron chi connectivity index (χ0n) is 24.9. The number of rotatable bonds is 16. The quantitative estimate of drug-likeness (QED) is 0.147. The van der Waals surface area contributed by atoms with Crippen molar-refractivity contribution >= 4 is 5.69 Å². The molecule has 5 nitrogen and oxygen atoms in total. The fraction of sp³-hybridized carbons (Fsp3) is 0.400. The van der Waals surface area contributed by atoms with Gasteiger partial charge in [-0.05, 0) is 73.3 Å². The van der Waals surface area contributed by atoms with Crippen LogP contribution in [0.2, 0.25) is 0 Å². The Kier molecular flexibility index (Phi) is 11.5. The third-order valence-electron chi connectivity index (χ3n) is 7.58. The summed E-state index contributed by atoms with van der Waals surface area (Å²) in [4.78, 5) is 7.79. The molecular weight excluding hydrogens is 511 g/mol. The van der Waals surface area contributed by atoms with Crippen LogP contribution in [0, 0.1) is 5.82 Å². The Morgan fingerprint density at radius 3 is 2.29 bits per heavy atom. The van der Waals surface area contributed by atoms with E-state index in [1.807, 2.05) is 18.2 Å². The average Bonchev–Trinajstić information content (AvgIpc) is 3.36. The molecule has 0 radical (unpaired) electrons. The van der Waals surface area contributed by atoms with Crippen molar-refractivity contribution in [3.05, 3.63) is 95.4 Å². The van der Waals surface area contributed by atoms with Gasteiger partial charge in [-0.2, -0.15) is 0 Å². The Balaban J connectivity index is 1.77. The number of anilines is 1. The molecule has 0 aliphatic rings. The lowest BCUT2D eigenvalue weighted by Gasteiger charge is -2.25. The number of unbranched alkanes of at least 4 members (excludes halogenated alkanes) is 2. The van der Waals surface area contributed by atoms with E-state index in [1.54, 1.807) is 0 Å². The third-order valence-corrected chi connectivity index (χ3v) is 7.58. The van der Waals surface area contributed by atoms with Crippen LogP contribution in [0.5, 0.6) is 0 Å². The first-order chi connectivity index (χ1) is 20.1. The number of hydrogen-bond donors (Lipinski definition) is 2. The lowest BCUT2D eigenvalue weighted by atomic mass is 10.0. The summed E-state index contributed by atoms with van der Waals surface area (Å²) in [6.07, 6.45) is 5.32. The van der Waals surface area contributed by atoms with E-state index in [-0.39, 0.29) is 12.4 Å². The molecule has 2 N–H and O–H groups in total. The molecule has 0 atom stereocenters. The van der Waals surface area contributed by atoms with E-state index in [9.17, 15) is 9.50 Å².